The van der Waals surface area contributed by atoms with Gasteiger partial charge >= 0.3 is 0 Å². The van der Waals surface area contributed by atoms with E-state index in [9.17, 15) is 0 Å². The summed E-state index contributed by atoms with van der Waals surface area (Å²) in [6, 6.07) is 12.8. The third-order valence-electron chi connectivity index (χ3n) is 6.50. The van der Waals surface area contributed by atoms with Crippen LogP contribution < -0.4 is 0 Å². The van der Waals surface area contributed by atoms with E-state index in [0.717, 1.165) is 23.0 Å². The second kappa shape index (κ2) is 8.29. The molecule has 4 rings (SSSR count). The molecule has 3 heteroatoms. The van der Waals surface area contributed by atoms with Crippen molar-refractivity contribution in [2.45, 2.75) is 71.8 Å². The smallest absolute Gasteiger partial charge is 0.113 e. The number of fused-ring (bicyclic) bond motifs is 1. The number of benzene rings is 2. The highest BCUT2D eigenvalue weighted by molar-refractivity contribution is 6.30. The van der Waals surface area contributed by atoms with Crippen LogP contribution in [0.1, 0.15) is 73.9 Å². The fourth-order valence-electron chi connectivity index (χ4n) is 4.74. The van der Waals surface area contributed by atoms with Gasteiger partial charge in [-0.2, -0.15) is 0 Å². The van der Waals surface area contributed by atoms with Crippen LogP contribution in [-0.2, 0) is 6.54 Å². The molecule has 1 fully saturated rings. The van der Waals surface area contributed by atoms with Gasteiger partial charge in [0, 0.05) is 17.5 Å². The number of aryl methyl sites for hydroxylation is 2. The van der Waals surface area contributed by atoms with E-state index < -0.39 is 0 Å². The number of aromatic nitrogens is 2. The van der Waals surface area contributed by atoms with Gasteiger partial charge in [-0.05, 0) is 67.1 Å². The molecule has 0 spiro atoms. The van der Waals surface area contributed by atoms with Crippen LogP contribution in [0.2, 0.25) is 5.02 Å². The van der Waals surface area contributed by atoms with E-state index in [0.29, 0.717) is 5.92 Å². The maximum atomic E-state index is 6.10. The van der Waals surface area contributed by atoms with Crippen molar-refractivity contribution in [1.29, 1.82) is 0 Å². The highest BCUT2D eigenvalue weighted by Crippen LogP contribution is 2.34. The molecule has 0 bridgehead atoms. The van der Waals surface area contributed by atoms with Crippen molar-refractivity contribution in [3.05, 3.63) is 63.9 Å². The minimum atomic E-state index is 0.475. The predicted octanol–water partition coefficient (Wildman–Crippen LogP) is 7.43. The van der Waals surface area contributed by atoms with Gasteiger partial charge in [-0.3, -0.25) is 0 Å². The normalized spacial score (nSPS) is 16.6. The lowest BCUT2D eigenvalue weighted by Gasteiger charge is -2.25. The molecule has 0 aliphatic heterocycles. The van der Waals surface area contributed by atoms with Crippen LogP contribution in [0.25, 0.3) is 11.0 Å². The number of rotatable bonds is 5. The third-order valence-corrected chi connectivity index (χ3v) is 6.75. The van der Waals surface area contributed by atoms with Gasteiger partial charge < -0.3 is 4.57 Å². The van der Waals surface area contributed by atoms with E-state index in [1.54, 1.807) is 0 Å². The molecule has 0 N–H and O–H groups in total. The predicted molar refractivity (Wildman–Crippen MR) is 119 cm³/mol. The fraction of sp³-hybridized carbons (Fsp3) is 0.480. The topological polar surface area (TPSA) is 17.8 Å². The zero-order chi connectivity index (χ0) is 19.7. The molecule has 2 aromatic carbocycles. The number of hydrogen-bond donors (Lipinski definition) is 0. The maximum absolute atomic E-state index is 6.10. The standard InChI is InChI=1S/C25H31ClN2/c1-17-14-23-24(15-18(17)2)28(16-21-9-11-22(26)12-10-21)25(27-23)19(3)13-20-7-5-4-6-8-20/h9-12,14-15,19-20H,4-8,13,16H2,1-3H3. The Morgan fingerprint density at radius 2 is 1.71 bits per heavy atom. The second-order valence-electron chi connectivity index (χ2n) is 8.75. The van der Waals surface area contributed by atoms with Gasteiger partial charge in [0.15, 0.2) is 0 Å². The molecule has 0 amide bonds. The van der Waals surface area contributed by atoms with Crippen LogP contribution in [0.15, 0.2) is 36.4 Å². The Balaban J connectivity index is 1.71. The van der Waals surface area contributed by atoms with Gasteiger partial charge in [0.2, 0.25) is 0 Å². The van der Waals surface area contributed by atoms with Crippen LogP contribution in [0, 0.1) is 19.8 Å². The molecule has 1 saturated carbocycles. The molecular formula is C25H31ClN2. The summed E-state index contributed by atoms with van der Waals surface area (Å²) in [5.41, 5.74) is 6.30. The lowest BCUT2D eigenvalue weighted by Crippen LogP contribution is -2.14. The summed E-state index contributed by atoms with van der Waals surface area (Å²) in [6.07, 6.45) is 8.24. The largest absolute Gasteiger partial charge is 0.323 e. The van der Waals surface area contributed by atoms with Gasteiger partial charge in [0.1, 0.15) is 5.82 Å². The van der Waals surface area contributed by atoms with E-state index in [2.05, 4.69) is 49.6 Å². The van der Waals surface area contributed by atoms with Crippen molar-refractivity contribution in [3.8, 4) is 0 Å². The van der Waals surface area contributed by atoms with Crippen molar-refractivity contribution in [1.82, 2.24) is 9.55 Å². The molecule has 1 aliphatic carbocycles. The Morgan fingerprint density at radius 1 is 1.04 bits per heavy atom. The summed E-state index contributed by atoms with van der Waals surface area (Å²) < 4.78 is 2.44. The van der Waals surface area contributed by atoms with Crippen molar-refractivity contribution >= 4 is 22.6 Å². The van der Waals surface area contributed by atoms with Crippen LogP contribution in [0.5, 0.6) is 0 Å². The SMILES string of the molecule is Cc1cc2nc(C(C)CC3CCCCC3)n(Cc3ccc(Cl)cc3)c2cc1C. The van der Waals surface area contributed by atoms with Crippen LogP contribution in [0.3, 0.4) is 0 Å². The number of imidazole rings is 1. The monoisotopic (exact) mass is 394 g/mol. The van der Waals surface area contributed by atoms with Crippen molar-refractivity contribution < 1.29 is 0 Å². The minimum Gasteiger partial charge on any atom is -0.323 e. The quantitative estimate of drug-likeness (QED) is 0.440. The van der Waals surface area contributed by atoms with Gasteiger partial charge in [-0.25, -0.2) is 4.98 Å². The van der Waals surface area contributed by atoms with Gasteiger partial charge in [-0.15, -0.1) is 0 Å². The number of hydrogen-bond acceptors (Lipinski definition) is 1. The van der Waals surface area contributed by atoms with Crippen molar-refractivity contribution in [3.63, 3.8) is 0 Å². The molecule has 1 aromatic heterocycles. The molecule has 148 valence electrons. The average molecular weight is 395 g/mol. The molecule has 0 radical (unpaired) electrons. The first-order valence-electron chi connectivity index (χ1n) is 10.7. The van der Waals surface area contributed by atoms with E-state index in [4.69, 9.17) is 16.6 Å². The van der Waals surface area contributed by atoms with Gasteiger partial charge in [0.25, 0.3) is 0 Å². The van der Waals surface area contributed by atoms with E-state index in [1.807, 2.05) is 12.1 Å². The van der Waals surface area contributed by atoms with E-state index >= 15 is 0 Å². The summed E-state index contributed by atoms with van der Waals surface area (Å²) in [4.78, 5) is 5.13. The van der Waals surface area contributed by atoms with Gasteiger partial charge in [0.05, 0.1) is 11.0 Å². The van der Waals surface area contributed by atoms with Crippen molar-refractivity contribution in [2.24, 2.45) is 5.92 Å². The first-order valence-corrected chi connectivity index (χ1v) is 11.1. The Hall–Kier alpha value is -1.80. The zero-order valence-corrected chi connectivity index (χ0v) is 18.1. The summed E-state index contributed by atoms with van der Waals surface area (Å²) in [5, 5.41) is 0.789. The second-order valence-corrected chi connectivity index (χ2v) is 9.19. The lowest BCUT2D eigenvalue weighted by atomic mass is 9.83. The van der Waals surface area contributed by atoms with E-state index in [-0.39, 0.29) is 0 Å². The molecule has 28 heavy (non-hydrogen) atoms. The number of nitrogens with zero attached hydrogens (tertiary/aromatic N) is 2. The molecule has 1 atom stereocenters. The van der Waals surface area contributed by atoms with Crippen LogP contribution in [-0.4, -0.2) is 9.55 Å². The first kappa shape index (κ1) is 19.5. The summed E-state index contributed by atoms with van der Waals surface area (Å²) in [7, 11) is 0. The Morgan fingerprint density at radius 3 is 2.43 bits per heavy atom. The Kier molecular flexibility index (Phi) is 5.78. The lowest BCUT2D eigenvalue weighted by molar-refractivity contribution is 0.318. The summed E-state index contributed by atoms with van der Waals surface area (Å²) in [5.74, 6) is 2.57. The first-order chi connectivity index (χ1) is 13.5. The molecule has 1 unspecified atom stereocenters. The number of halogens is 1. The highest BCUT2D eigenvalue weighted by atomic mass is 35.5. The summed E-state index contributed by atoms with van der Waals surface area (Å²) >= 11 is 6.10. The summed E-state index contributed by atoms with van der Waals surface area (Å²) in [6.45, 7) is 7.59. The molecule has 0 saturated heterocycles. The molecule has 2 nitrogen and oxygen atoms in total. The molecular weight excluding hydrogens is 364 g/mol. The van der Waals surface area contributed by atoms with Crippen LogP contribution >= 0.6 is 11.6 Å². The average Bonchev–Trinajstić information content (AvgIpc) is 3.02. The Labute approximate surface area is 173 Å². The van der Waals surface area contributed by atoms with Crippen LogP contribution in [0.4, 0.5) is 0 Å². The molecule has 1 heterocycles. The van der Waals surface area contributed by atoms with Crippen molar-refractivity contribution in [2.75, 3.05) is 0 Å². The van der Waals surface area contributed by atoms with E-state index in [1.165, 1.54) is 66.6 Å². The third kappa shape index (κ3) is 4.12. The molecule has 1 aliphatic rings. The Bertz CT molecular complexity index is 949. The highest BCUT2D eigenvalue weighted by Gasteiger charge is 2.22. The maximum Gasteiger partial charge on any atom is 0.113 e. The fourth-order valence-corrected chi connectivity index (χ4v) is 4.87. The molecule has 3 aromatic rings. The zero-order valence-electron chi connectivity index (χ0n) is 17.3. The minimum absolute atomic E-state index is 0.475. The van der Waals surface area contributed by atoms with Gasteiger partial charge in [-0.1, -0.05) is 62.8 Å².